The number of benzene rings is 3. The number of carbonyl (C=O) groups excluding carboxylic acids is 2. The van der Waals surface area contributed by atoms with Crippen LogP contribution in [0, 0.1) is 0 Å². The molecule has 1 fully saturated rings. The van der Waals surface area contributed by atoms with Gasteiger partial charge >= 0.3 is 12.4 Å². The third kappa shape index (κ3) is 7.11. The van der Waals surface area contributed by atoms with Gasteiger partial charge < -0.3 is 20.3 Å². The first kappa shape index (κ1) is 31.9. The Morgan fingerprint density at radius 3 is 1.98 bits per heavy atom. The third-order valence-electron chi connectivity index (χ3n) is 7.19. The minimum Gasteiger partial charge on any atom is -0.497 e. The number of allylic oxidation sites excluding steroid dienone is 1. The number of hydrogen-bond donors (Lipinski definition) is 2. The van der Waals surface area contributed by atoms with E-state index >= 15 is 0 Å². The summed E-state index contributed by atoms with van der Waals surface area (Å²) in [4.78, 5) is 33.1. The number of amidine groups is 1. The van der Waals surface area contributed by atoms with E-state index in [0.29, 0.717) is 46.9 Å². The second kappa shape index (κ2) is 12.5. The maximum Gasteiger partial charge on any atom is 0.416 e. The number of aliphatic imine (C=N–C) groups is 1. The molecule has 0 aromatic heterocycles. The Balaban J connectivity index is 1.42. The number of ether oxygens (including phenoxy) is 1. The highest BCUT2D eigenvalue weighted by atomic mass is 32.2. The molecule has 2 aliphatic heterocycles. The van der Waals surface area contributed by atoms with Crippen LogP contribution < -0.4 is 15.4 Å². The third-order valence-corrected chi connectivity index (χ3v) is 8.26. The van der Waals surface area contributed by atoms with E-state index in [0.717, 1.165) is 17.3 Å². The van der Waals surface area contributed by atoms with E-state index < -0.39 is 41.0 Å². The average molecular weight is 649 g/mol. The average Bonchev–Trinajstić information content (AvgIpc) is 3.00. The number of thioether (sulfide) groups is 1. The second-order valence-corrected chi connectivity index (χ2v) is 11.3. The van der Waals surface area contributed by atoms with Gasteiger partial charge in [-0.15, -0.1) is 0 Å². The zero-order valence-corrected chi connectivity index (χ0v) is 24.7. The number of amides is 2. The van der Waals surface area contributed by atoms with E-state index in [1.165, 1.54) is 19.2 Å². The summed E-state index contributed by atoms with van der Waals surface area (Å²) in [6.07, 6.45) is -9.33. The topological polar surface area (TPSA) is 83.0 Å². The van der Waals surface area contributed by atoms with Gasteiger partial charge in [0.05, 0.1) is 35.5 Å². The summed E-state index contributed by atoms with van der Waals surface area (Å²) in [5.41, 5.74) is -1.70. The molecule has 2 heterocycles. The standard InChI is InChI=1S/C31H26F6N4O3S/c1-17-25(28(43)40-23-8-10-24(44-2)11-9-23)26(41-12-3-13-45-29(41)38-17)18-4-6-22(7-5-18)39-27(42)19-14-20(30(32,33)34)16-21(15-19)31(35,36)37/h4-11,14-16,26H,3,12-13H2,1-2H3,(H,39,42)(H,40,43). The van der Waals surface area contributed by atoms with Gasteiger partial charge in [0.2, 0.25) is 0 Å². The summed E-state index contributed by atoms with van der Waals surface area (Å²) in [5, 5.41) is 6.03. The van der Waals surface area contributed by atoms with E-state index in [9.17, 15) is 35.9 Å². The van der Waals surface area contributed by atoms with Gasteiger partial charge in [-0.25, -0.2) is 4.99 Å². The van der Waals surface area contributed by atoms with Crippen LogP contribution in [0.5, 0.6) is 5.75 Å². The lowest BCUT2D eigenvalue weighted by molar-refractivity contribution is -0.143. The highest BCUT2D eigenvalue weighted by molar-refractivity contribution is 8.13. The van der Waals surface area contributed by atoms with Crippen LogP contribution in [0.1, 0.15) is 46.4 Å². The highest BCUT2D eigenvalue weighted by Crippen LogP contribution is 2.41. The fraction of sp³-hybridized carbons (Fsp3) is 0.258. The Labute approximate surface area is 258 Å². The number of hydrogen-bond acceptors (Lipinski definition) is 6. The van der Waals surface area contributed by atoms with Crippen molar-refractivity contribution in [1.29, 1.82) is 0 Å². The van der Waals surface area contributed by atoms with Gasteiger partial charge in [-0.1, -0.05) is 23.9 Å². The molecule has 5 rings (SSSR count). The van der Waals surface area contributed by atoms with Crippen molar-refractivity contribution in [1.82, 2.24) is 4.90 Å². The molecule has 1 atom stereocenters. The van der Waals surface area contributed by atoms with Crippen LogP contribution in [-0.2, 0) is 17.1 Å². The number of methoxy groups -OCH3 is 1. The minimum atomic E-state index is -5.09. The van der Waals surface area contributed by atoms with E-state index in [2.05, 4.69) is 15.6 Å². The van der Waals surface area contributed by atoms with Crippen molar-refractivity contribution < 1.29 is 40.7 Å². The number of fused-ring (bicyclic) bond motifs is 1. The molecule has 45 heavy (non-hydrogen) atoms. The molecule has 236 valence electrons. The molecule has 14 heteroatoms. The second-order valence-electron chi connectivity index (χ2n) is 10.2. The van der Waals surface area contributed by atoms with Gasteiger partial charge in [0.1, 0.15) is 5.75 Å². The van der Waals surface area contributed by atoms with E-state index in [4.69, 9.17) is 4.74 Å². The predicted octanol–water partition coefficient (Wildman–Crippen LogP) is 7.75. The van der Waals surface area contributed by atoms with Crippen LogP contribution in [0.4, 0.5) is 37.7 Å². The monoisotopic (exact) mass is 648 g/mol. The van der Waals surface area contributed by atoms with E-state index in [1.807, 2.05) is 4.90 Å². The first-order valence-corrected chi connectivity index (χ1v) is 14.6. The molecule has 2 N–H and O–H groups in total. The quantitative estimate of drug-likeness (QED) is 0.267. The SMILES string of the molecule is COc1ccc(NC(=O)C2=C(C)N=C3SCCCN3C2c2ccc(NC(=O)c3cc(C(F)(F)F)cc(C(F)(F)F)c3)cc2)cc1. The molecule has 0 saturated carbocycles. The van der Waals surface area contributed by atoms with Crippen molar-refractivity contribution in [3.63, 3.8) is 0 Å². The first-order valence-electron chi connectivity index (χ1n) is 13.6. The molecule has 3 aromatic carbocycles. The normalized spacial score (nSPS) is 16.9. The van der Waals surface area contributed by atoms with Crippen LogP contribution in [-0.4, -0.2) is 41.3 Å². The van der Waals surface area contributed by atoms with Crippen LogP contribution in [0.3, 0.4) is 0 Å². The number of halogens is 6. The fourth-order valence-electron chi connectivity index (χ4n) is 5.02. The predicted molar refractivity (Wildman–Crippen MR) is 159 cm³/mol. The summed E-state index contributed by atoms with van der Waals surface area (Å²) in [6, 6.07) is 13.2. The Morgan fingerprint density at radius 2 is 1.42 bits per heavy atom. The summed E-state index contributed by atoms with van der Waals surface area (Å²) < 4.78 is 84.9. The summed E-state index contributed by atoms with van der Waals surface area (Å²) in [6.45, 7) is 2.37. The van der Waals surface area contributed by atoms with Crippen LogP contribution in [0.2, 0.25) is 0 Å². The number of rotatable bonds is 6. The number of alkyl halides is 6. The molecule has 0 spiro atoms. The van der Waals surface area contributed by atoms with Gasteiger partial charge in [0.25, 0.3) is 11.8 Å². The van der Waals surface area contributed by atoms with E-state index in [-0.39, 0.29) is 17.7 Å². The Kier molecular flexibility index (Phi) is 8.88. The Morgan fingerprint density at radius 1 is 0.867 bits per heavy atom. The molecule has 2 amide bonds. The molecule has 1 saturated heterocycles. The maximum atomic E-state index is 13.6. The molecule has 7 nitrogen and oxygen atoms in total. The minimum absolute atomic E-state index is 0.0376. The first-order chi connectivity index (χ1) is 21.2. The van der Waals surface area contributed by atoms with Crippen molar-refractivity contribution in [2.24, 2.45) is 4.99 Å². The fourth-order valence-corrected chi connectivity index (χ4v) is 6.04. The lowest BCUT2D eigenvalue weighted by Gasteiger charge is -2.41. The van der Waals surface area contributed by atoms with Gasteiger partial charge in [-0.05, 0) is 73.5 Å². The molecule has 1 unspecified atom stereocenters. The maximum absolute atomic E-state index is 13.6. The van der Waals surface area contributed by atoms with Gasteiger partial charge in [-0.2, -0.15) is 26.3 Å². The summed E-state index contributed by atoms with van der Waals surface area (Å²) in [5.74, 6) is -0.0311. The van der Waals surface area contributed by atoms with E-state index in [1.54, 1.807) is 55.1 Å². The highest BCUT2D eigenvalue weighted by Gasteiger charge is 2.39. The van der Waals surface area contributed by atoms with Crippen molar-refractivity contribution in [2.45, 2.75) is 31.7 Å². The van der Waals surface area contributed by atoms with Crippen molar-refractivity contribution in [3.8, 4) is 5.75 Å². The molecule has 0 bridgehead atoms. The smallest absolute Gasteiger partial charge is 0.416 e. The zero-order valence-electron chi connectivity index (χ0n) is 23.8. The van der Waals surface area contributed by atoms with Gasteiger partial charge in [0.15, 0.2) is 5.17 Å². The largest absolute Gasteiger partial charge is 0.497 e. The van der Waals surface area contributed by atoms with Crippen molar-refractivity contribution in [2.75, 3.05) is 30.0 Å². The number of nitrogens with one attached hydrogen (secondary N) is 2. The number of nitrogens with zero attached hydrogens (tertiary/aromatic N) is 2. The zero-order chi connectivity index (χ0) is 32.5. The van der Waals surface area contributed by atoms with Crippen LogP contribution in [0.25, 0.3) is 0 Å². The number of anilines is 2. The Bertz CT molecular complexity index is 1640. The van der Waals surface area contributed by atoms with Crippen LogP contribution in [0.15, 0.2) is 83.0 Å². The lowest BCUT2D eigenvalue weighted by atomic mass is 9.93. The summed E-state index contributed by atoms with van der Waals surface area (Å²) >= 11 is 1.56. The molecular formula is C31H26F6N4O3S. The van der Waals surface area contributed by atoms with Gasteiger partial charge in [-0.3, -0.25) is 9.59 Å². The van der Waals surface area contributed by atoms with Crippen molar-refractivity contribution >= 4 is 40.1 Å². The number of carbonyl (C=O) groups is 2. The van der Waals surface area contributed by atoms with Crippen molar-refractivity contribution in [3.05, 3.63) is 100 Å². The summed E-state index contributed by atoms with van der Waals surface area (Å²) in [7, 11) is 1.53. The molecule has 0 aliphatic carbocycles. The lowest BCUT2D eigenvalue weighted by Crippen LogP contribution is -2.43. The molecule has 2 aliphatic rings. The van der Waals surface area contributed by atoms with Crippen LogP contribution >= 0.6 is 11.8 Å². The molecule has 0 radical (unpaired) electrons. The van der Waals surface area contributed by atoms with Gasteiger partial charge in [0, 0.05) is 29.2 Å². The molecule has 3 aromatic rings. The molecular weight excluding hydrogens is 622 g/mol. The Hall–Kier alpha value is -4.46.